The van der Waals surface area contributed by atoms with Crippen molar-refractivity contribution in [2.75, 3.05) is 5.73 Å². The van der Waals surface area contributed by atoms with Crippen molar-refractivity contribution in [2.24, 2.45) is 0 Å². The fourth-order valence-corrected chi connectivity index (χ4v) is 1.43. The van der Waals surface area contributed by atoms with Crippen molar-refractivity contribution >= 4 is 11.6 Å². The van der Waals surface area contributed by atoms with Crippen molar-refractivity contribution in [2.45, 2.75) is 32.0 Å². The molecule has 0 aliphatic carbocycles. The molecule has 4 nitrogen and oxygen atoms in total. The highest BCUT2D eigenvalue weighted by Crippen LogP contribution is 2.21. The van der Waals surface area contributed by atoms with Crippen LogP contribution in [0.4, 0.5) is 18.9 Å². The van der Waals surface area contributed by atoms with Gasteiger partial charge in [-0.05, 0) is 19.1 Å². The van der Waals surface area contributed by atoms with Gasteiger partial charge in [-0.25, -0.2) is 0 Å². The number of nitrogens with zero attached hydrogens (tertiary/aromatic N) is 1. The first kappa shape index (κ1) is 14.3. The summed E-state index contributed by atoms with van der Waals surface area (Å²) in [5.74, 6) is -0.496. The predicted octanol–water partition coefficient (Wildman–Crippen LogP) is 1.66. The summed E-state index contributed by atoms with van der Waals surface area (Å²) < 4.78 is 36.2. The van der Waals surface area contributed by atoms with E-state index in [1.165, 1.54) is 13.1 Å². The Hall–Kier alpha value is -1.79. The molecule has 0 aromatic carbocycles. The second kappa shape index (κ2) is 5.70. The van der Waals surface area contributed by atoms with Crippen LogP contribution in [0.2, 0.25) is 0 Å². The molecule has 18 heavy (non-hydrogen) atoms. The zero-order valence-corrected chi connectivity index (χ0v) is 9.79. The molecule has 1 aromatic rings. The Kier molecular flexibility index (Phi) is 4.52. The van der Waals surface area contributed by atoms with Gasteiger partial charge in [-0.15, -0.1) is 0 Å². The molecule has 7 heteroatoms. The number of rotatable bonds is 4. The number of aromatic nitrogens is 1. The maximum atomic E-state index is 12.1. The maximum absolute atomic E-state index is 12.1. The molecule has 1 rings (SSSR count). The zero-order chi connectivity index (χ0) is 13.8. The number of amides is 1. The molecule has 100 valence electrons. The molecule has 1 heterocycles. The summed E-state index contributed by atoms with van der Waals surface area (Å²) in [5, 5.41) is 2.27. The zero-order valence-electron chi connectivity index (χ0n) is 9.79. The highest BCUT2D eigenvalue weighted by molar-refractivity contribution is 5.78. The largest absolute Gasteiger partial charge is 0.397 e. The second-order valence-corrected chi connectivity index (χ2v) is 4.05. The number of alkyl halides is 3. The van der Waals surface area contributed by atoms with E-state index in [9.17, 15) is 18.0 Å². The number of anilines is 1. The van der Waals surface area contributed by atoms with E-state index in [4.69, 9.17) is 5.73 Å². The van der Waals surface area contributed by atoms with E-state index in [0.29, 0.717) is 11.4 Å². The van der Waals surface area contributed by atoms with Crippen LogP contribution in [0.25, 0.3) is 0 Å². The van der Waals surface area contributed by atoms with E-state index in [1.807, 2.05) is 0 Å². The number of carbonyl (C=O) groups excluding carboxylic acids is 1. The summed E-state index contributed by atoms with van der Waals surface area (Å²) in [7, 11) is 0. The van der Waals surface area contributed by atoms with E-state index in [0.717, 1.165) is 0 Å². The van der Waals surface area contributed by atoms with Gasteiger partial charge in [0.1, 0.15) is 0 Å². The Bertz CT molecular complexity index is 403. The minimum Gasteiger partial charge on any atom is -0.397 e. The first-order valence-electron chi connectivity index (χ1n) is 5.33. The molecule has 1 amide bonds. The smallest absolute Gasteiger partial charge is 0.391 e. The lowest BCUT2D eigenvalue weighted by atomic mass is 10.2. The van der Waals surface area contributed by atoms with Crippen LogP contribution in [0.3, 0.4) is 0 Å². The van der Waals surface area contributed by atoms with Crippen LogP contribution in [0.15, 0.2) is 18.3 Å². The molecule has 3 N–H and O–H groups in total. The SMILES string of the molecule is CC(CC(F)(F)F)NC(=O)Cc1ccc(N)cn1. The van der Waals surface area contributed by atoms with E-state index < -0.39 is 24.5 Å². The molecule has 0 spiro atoms. The third-order valence-electron chi connectivity index (χ3n) is 2.13. The van der Waals surface area contributed by atoms with Crippen LogP contribution in [-0.2, 0) is 11.2 Å². The summed E-state index contributed by atoms with van der Waals surface area (Å²) in [6.07, 6.45) is -4.01. The fraction of sp³-hybridized carbons (Fsp3) is 0.455. The lowest BCUT2D eigenvalue weighted by molar-refractivity contribution is -0.141. The number of carbonyl (C=O) groups is 1. The van der Waals surface area contributed by atoms with Gasteiger partial charge in [-0.3, -0.25) is 9.78 Å². The van der Waals surface area contributed by atoms with E-state index in [-0.39, 0.29) is 6.42 Å². The third-order valence-corrected chi connectivity index (χ3v) is 2.13. The van der Waals surface area contributed by atoms with Crippen molar-refractivity contribution in [3.8, 4) is 0 Å². The molecule has 0 fully saturated rings. The molecule has 0 aliphatic heterocycles. The lowest BCUT2D eigenvalue weighted by Gasteiger charge is -2.15. The Morgan fingerprint density at radius 3 is 2.67 bits per heavy atom. The van der Waals surface area contributed by atoms with Gasteiger partial charge in [0.2, 0.25) is 5.91 Å². The Morgan fingerprint density at radius 2 is 2.17 bits per heavy atom. The predicted molar refractivity (Wildman–Crippen MR) is 60.6 cm³/mol. The molecule has 0 saturated heterocycles. The normalized spacial score (nSPS) is 13.1. The molecule has 1 atom stereocenters. The summed E-state index contributed by atoms with van der Waals surface area (Å²) >= 11 is 0. The van der Waals surface area contributed by atoms with Crippen LogP contribution in [-0.4, -0.2) is 23.1 Å². The van der Waals surface area contributed by atoms with Crippen molar-refractivity contribution in [1.29, 1.82) is 0 Å². The van der Waals surface area contributed by atoms with Crippen LogP contribution in [0.5, 0.6) is 0 Å². The average molecular weight is 261 g/mol. The van der Waals surface area contributed by atoms with Gasteiger partial charge in [0.15, 0.2) is 0 Å². The molecule has 1 aromatic heterocycles. The number of hydrogen-bond acceptors (Lipinski definition) is 3. The van der Waals surface area contributed by atoms with E-state index in [1.54, 1.807) is 12.1 Å². The number of nitrogens with one attached hydrogen (secondary N) is 1. The summed E-state index contributed by atoms with van der Waals surface area (Å²) in [5.41, 5.74) is 6.34. The highest BCUT2D eigenvalue weighted by Gasteiger charge is 2.30. The monoisotopic (exact) mass is 261 g/mol. The average Bonchev–Trinajstić information content (AvgIpc) is 2.18. The highest BCUT2D eigenvalue weighted by atomic mass is 19.4. The van der Waals surface area contributed by atoms with Crippen molar-refractivity contribution < 1.29 is 18.0 Å². The van der Waals surface area contributed by atoms with Gasteiger partial charge in [0.25, 0.3) is 0 Å². The molecular formula is C11H14F3N3O. The fourth-order valence-electron chi connectivity index (χ4n) is 1.43. The molecule has 0 radical (unpaired) electrons. The van der Waals surface area contributed by atoms with Gasteiger partial charge >= 0.3 is 6.18 Å². The summed E-state index contributed by atoms with van der Waals surface area (Å²) in [6, 6.07) is 2.18. The molecule has 0 aliphatic rings. The molecule has 0 saturated carbocycles. The Labute approximate surface area is 102 Å². The number of halogens is 3. The second-order valence-electron chi connectivity index (χ2n) is 4.05. The number of nitrogen functional groups attached to an aromatic ring is 1. The van der Waals surface area contributed by atoms with Gasteiger partial charge in [0.05, 0.1) is 24.7 Å². The van der Waals surface area contributed by atoms with E-state index >= 15 is 0 Å². The number of pyridine rings is 1. The Morgan fingerprint density at radius 1 is 1.50 bits per heavy atom. The number of hydrogen-bond donors (Lipinski definition) is 2. The third kappa shape index (κ3) is 5.51. The van der Waals surface area contributed by atoms with Gasteiger partial charge in [-0.2, -0.15) is 13.2 Å². The summed E-state index contributed by atoms with van der Waals surface area (Å²) in [4.78, 5) is 15.3. The van der Waals surface area contributed by atoms with Crippen LogP contribution >= 0.6 is 0 Å². The number of nitrogens with two attached hydrogens (primary N) is 1. The van der Waals surface area contributed by atoms with Crippen molar-refractivity contribution in [3.05, 3.63) is 24.0 Å². The van der Waals surface area contributed by atoms with Crippen molar-refractivity contribution in [3.63, 3.8) is 0 Å². The molecule has 1 unspecified atom stereocenters. The van der Waals surface area contributed by atoms with Crippen LogP contribution in [0.1, 0.15) is 19.0 Å². The topological polar surface area (TPSA) is 68.0 Å². The van der Waals surface area contributed by atoms with Crippen LogP contribution in [0, 0.1) is 0 Å². The first-order valence-corrected chi connectivity index (χ1v) is 5.33. The molecular weight excluding hydrogens is 247 g/mol. The van der Waals surface area contributed by atoms with Crippen LogP contribution < -0.4 is 11.1 Å². The molecule has 0 bridgehead atoms. The minimum absolute atomic E-state index is 0.0670. The maximum Gasteiger partial charge on any atom is 0.391 e. The lowest BCUT2D eigenvalue weighted by Crippen LogP contribution is -2.36. The summed E-state index contributed by atoms with van der Waals surface area (Å²) in [6.45, 7) is 1.31. The van der Waals surface area contributed by atoms with E-state index in [2.05, 4.69) is 10.3 Å². The Balaban J connectivity index is 2.44. The standard InChI is InChI=1S/C11H14F3N3O/c1-7(5-11(12,13)14)17-10(18)4-9-3-2-8(15)6-16-9/h2-3,6-7H,4-5,15H2,1H3,(H,17,18). The van der Waals surface area contributed by atoms with Gasteiger partial charge in [-0.1, -0.05) is 0 Å². The minimum atomic E-state index is -4.29. The van der Waals surface area contributed by atoms with Gasteiger partial charge in [0, 0.05) is 11.7 Å². The van der Waals surface area contributed by atoms with Crippen molar-refractivity contribution in [1.82, 2.24) is 10.3 Å². The first-order chi connectivity index (χ1) is 8.26. The quantitative estimate of drug-likeness (QED) is 0.866. The van der Waals surface area contributed by atoms with Gasteiger partial charge < -0.3 is 11.1 Å².